The van der Waals surface area contributed by atoms with E-state index >= 15 is 0 Å². The fraction of sp³-hybridized carbons (Fsp3) is 0.417. The largest absolute Gasteiger partial charge is 0.376 e. The van der Waals surface area contributed by atoms with E-state index in [9.17, 15) is 22.0 Å². The van der Waals surface area contributed by atoms with Crippen molar-refractivity contribution in [1.29, 1.82) is 0 Å². The zero-order chi connectivity index (χ0) is 15.8. The van der Waals surface area contributed by atoms with Crippen molar-refractivity contribution in [2.24, 2.45) is 5.14 Å². The average molecular weight is 320 g/mol. The van der Waals surface area contributed by atoms with Crippen molar-refractivity contribution < 1.29 is 26.7 Å². The van der Waals surface area contributed by atoms with Crippen molar-refractivity contribution >= 4 is 15.9 Å². The Morgan fingerprint density at radius 1 is 1.43 bits per heavy atom. The normalized spacial score (nSPS) is 22.3. The lowest BCUT2D eigenvalue weighted by Crippen LogP contribution is -2.39. The van der Waals surface area contributed by atoms with Crippen LogP contribution in [0.1, 0.15) is 23.7 Å². The quantitative estimate of drug-likeness (QED) is 0.848. The third-order valence-corrected chi connectivity index (χ3v) is 4.16. The first kappa shape index (κ1) is 15.8. The molecule has 6 nitrogen and oxygen atoms in total. The van der Waals surface area contributed by atoms with Gasteiger partial charge in [0.05, 0.1) is 22.6 Å². The topological polar surface area (TPSA) is 98.5 Å². The summed E-state index contributed by atoms with van der Waals surface area (Å²) in [4.78, 5) is 11.3. The van der Waals surface area contributed by atoms with Crippen LogP contribution in [0.25, 0.3) is 0 Å². The highest BCUT2D eigenvalue weighted by molar-refractivity contribution is 7.89. The van der Waals surface area contributed by atoms with Gasteiger partial charge in [0.2, 0.25) is 10.0 Å². The number of hydrogen-bond acceptors (Lipinski definition) is 4. The van der Waals surface area contributed by atoms with Gasteiger partial charge in [0.1, 0.15) is 0 Å². The highest BCUT2D eigenvalue weighted by atomic mass is 32.2. The summed E-state index contributed by atoms with van der Waals surface area (Å²) in [6, 6.07) is 0.796. The summed E-state index contributed by atoms with van der Waals surface area (Å²) < 4.78 is 54.8. The Balaban J connectivity index is 2.34. The second-order valence-corrected chi connectivity index (χ2v) is 6.32. The van der Waals surface area contributed by atoms with E-state index in [1.807, 2.05) is 0 Å². The first-order chi connectivity index (χ1) is 9.70. The van der Waals surface area contributed by atoms with Crippen molar-refractivity contribution in [3.05, 3.63) is 29.3 Å². The first-order valence-corrected chi connectivity index (χ1v) is 7.69. The maximum absolute atomic E-state index is 13.7. The van der Waals surface area contributed by atoms with Gasteiger partial charge in [0, 0.05) is 6.61 Å². The van der Waals surface area contributed by atoms with Crippen LogP contribution in [0.4, 0.5) is 8.78 Å². The average Bonchev–Trinajstić information content (AvgIpc) is 2.76. The number of nitrogens with one attached hydrogen (secondary N) is 1. The van der Waals surface area contributed by atoms with Crippen LogP contribution in [0, 0.1) is 11.6 Å². The summed E-state index contributed by atoms with van der Waals surface area (Å²) in [6.07, 6.45) is 0.273. The fourth-order valence-corrected chi connectivity index (χ4v) is 2.61. The summed E-state index contributed by atoms with van der Waals surface area (Å²) in [5, 5.41) is 7.35. The number of halogens is 2. The molecule has 0 spiro atoms. The van der Waals surface area contributed by atoms with Crippen LogP contribution in [0.15, 0.2) is 17.0 Å². The van der Waals surface area contributed by atoms with Gasteiger partial charge in [0.15, 0.2) is 11.6 Å². The number of hydrogen-bond donors (Lipinski definition) is 2. The minimum atomic E-state index is -4.25. The summed E-state index contributed by atoms with van der Waals surface area (Å²) in [5.74, 6) is -3.80. The van der Waals surface area contributed by atoms with Gasteiger partial charge in [-0.1, -0.05) is 0 Å². The molecule has 0 aromatic heterocycles. The number of benzene rings is 1. The molecule has 21 heavy (non-hydrogen) atoms. The van der Waals surface area contributed by atoms with Gasteiger partial charge >= 0.3 is 0 Å². The van der Waals surface area contributed by atoms with Gasteiger partial charge in [0.25, 0.3) is 5.91 Å². The van der Waals surface area contributed by atoms with E-state index in [0.29, 0.717) is 25.2 Å². The molecule has 1 saturated heterocycles. The predicted octanol–water partition coefficient (Wildman–Crippen LogP) is 0.519. The van der Waals surface area contributed by atoms with Crippen LogP contribution in [0.3, 0.4) is 0 Å². The van der Waals surface area contributed by atoms with Gasteiger partial charge in [-0.3, -0.25) is 4.79 Å². The Bertz CT molecular complexity index is 678. The second-order valence-electron chi connectivity index (χ2n) is 4.76. The zero-order valence-corrected chi connectivity index (χ0v) is 11.9. The predicted molar refractivity (Wildman–Crippen MR) is 69.0 cm³/mol. The monoisotopic (exact) mass is 320 g/mol. The molecule has 2 atom stereocenters. The molecule has 2 unspecified atom stereocenters. The van der Waals surface area contributed by atoms with Crippen LogP contribution >= 0.6 is 0 Å². The molecule has 0 aliphatic carbocycles. The summed E-state index contributed by atoms with van der Waals surface area (Å²) in [7, 11) is -4.25. The van der Waals surface area contributed by atoms with Gasteiger partial charge in [-0.15, -0.1) is 0 Å². The van der Waals surface area contributed by atoms with Crippen molar-refractivity contribution in [2.75, 3.05) is 6.61 Å². The second kappa shape index (κ2) is 5.66. The Morgan fingerprint density at radius 2 is 2.10 bits per heavy atom. The van der Waals surface area contributed by atoms with Crippen molar-refractivity contribution in [3.8, 4) is 0 Å². The molecule has 2 rings (SSSR count). The molecule has 1 aliphatic heterocycles. The number of primary sulfonamides is 1. The van der Waals surface area contributed by atoms with Crippen molar-refractivity contribution in [2.45, 2.75) is 30.4 Å². The van der Waals surface area contributed by atoms with Crippen molar-refractivity contribution in [1.82, 2.24) is 5.32 Å². The van der Waals surface area contributed by atoms with Crippen LogP contribution in [0.5, 0.6) is 0 Å². The van der Waals surface area contributed by atoms with E-state index in [2.05, 4.69) is 5.32 Å². The summed E-state index contributed by atoms with van der Waals surface area (Å²) in [6.45, 7) is 2.18. The number of amides is 1. The fourth-order valence-electron chi connectivity index (χ4n) is 2.06. The summed E-state index contributed by atoms with van der Waals surface area (Å²) >= 11 is 0. The third-order valence-electron chi connectivity index (χ3n) is 3.27. The molecule has 0 radical (unpaired) electrons. The van der Waals surface area contributed by atoms with E-state index in [-0.39, 0.29) is 12.1 Å². The lowest BCUT2D eigenvalue weighted by atomic mass is 10.1. The summed E-state index contributed by atoms with van der Waals surface area (Å²) in [5.41, 5.74) is -0.710. The van der Waals surface area contributed by atoms with Crippen LogP contribution in [-0.2, 0) is 14.8 Å². The van der Waals surface area contributed by atoms with Crippen LogP contribution in [-0.4, -0.2) is 33.1 Å². The molecular formula is C12H14F2N2O4S. The molecule has 1 fully saturated rings. The molecule has 1 aromatic carbocycles. The van der Waals surface area contributed by atoms with Gasteiger partial charge in [-0.2, -0.15) is 0 Å². The smallest absolute Gasteiger partial charge is 0.254 e. The molecule has 1 aliphatic rings. The van der Waals surface area contributed by atoms with E-state index in [1.54, 1.807) is 6.92 Å². The van der Waals surface area contributed by atoms with E-state index in [1.165, 1.54) is 0 Å². The standard InChI is InChI=1S/C12H14F2N2O4S/c1-6-10(2-3-20-6)16-12(17)8-4-7(21(15,18)19)5-9(13)11(8)14/h4-6,10H,2-3H2,1H3,(H,16,17)(H2,15,18,19). The number of ether oxygens (including phenoxy) is 1. The highest BCUT2D eigenvalue weighted by Gasteiger charge is 2.28. The molecule has 1 heterocycles. The molecule has 9 heteroatoms. The molecular weight excluding hydrogens is 306 g/mol. The number of carbonyl (C=O) groups is 1. The van der Waals surface area contributed by atoms with Crippen molar-refractivity contribution in [3.63, 3.8) is 0 Å². The third kappa shape index (κ3) is 3.36. The molecule has 0 saturated carbocycles. The Kier molecular flexibility index (Phi) is 4.26. The van der Waals surface area contributed by atoms with E-state index < -0.39 is 38.0 Å². The Labute approximate surface area is 120 Å². The van der Waals surface area contributed by atoms with Gasteiger partial charge in [-0.25, -0.2) is 22.3 Å². The minimum Gasteiger partial charge on any atom is -0.376 e. The van der Waals surface area contributed by atoms with E-state index in [4.69, 9.17) is 9.88 Å². The number of nitrogens with two attached hydrogens (primary N) is 1. The van der Waals surface area contributed by atoms with E-state index in [0.717, 1.165) is 0 Å². The highest BCUT2D eigenvalue weighted by Crippen LogP contribution is 2.19. The number of carbonyl (C=O) groups excluding carboxylic acids is 1. The lowest BCUT2D eigenvalue weighted by molar-refractivity contribution is 0.0861. The maximum Gasteiger partial charge on any atom is 0.254 e. The molecule has 1 amide bonds. The SMILES string of the molecule is CC1OCCC1NC(=O)c1cc(S(N)(=O)=O)cc(F)c1F. The maximum atomic E-state index is 13.7. The number of sulfonamides is 1. The molecule has 116 valence electrons. The zero-order valence-electron chi connectivity index (χ0n) is 11.1. The van der Waals surface area contributed by atoms with Crippen LogP contribution < -0.4 is 10.5 Å². The molecule has 0 bridgehead atoms. The van der Waals surface area contributed by atoms with Crippen LogP contribution in [0.2, 0.25) is 0 Å². The Morgan fingerprint density at radius 3 is 2.62 bits per heavy atom. The lowest BCUT2D eigenvalue weighted by Gasteiger charge is -2.16. The minimum absolute atomic E-state index is 0.261. The van der Waals surface area contributed by atoms with Gasteiger partial charge < -0.3 is 10.1 Å². The molecule has 3 N–H and O–H groups in total. The first-order valence-electron chi connectivity index (χ1n) is 6.14. The van der Waals surface area contributed by atoms with Gasteiger partial charge in [-0.05, 0) is 25.5 Å². The molecule has 1 aromatic rings. The number of rotatable bonds is 3. The Hall–Kier alpha value is -1.58.